The van der Waals surface area contributed by atoms with E-state index in [-0.39, 0.29) is 4.68 Å². The fraction of sp³-hybridized carbons (Fsp3) is 0. The van der Waals surface area contributed by atoms with Crippen LogP contribution in [0.25, 0.3) is 0 Å². The molecule has 50 valence electrons. The molecule has 0 saturated heterocycles. The predicted octanol–water partition coefficient (Wildman–Crippen LogP) is 1.08. The summed E-state index contributed by atoms with van der Waals surface area (Å²) in [5.41, 5.74) is 0.720. The Hall–Kier alpha value is -0.456. The number of hydrogen-bond acceptors (Lipinski definition) is 1. The molecular weight excluding hydrogens is 159 g/mol. The van der Waals surface area contributed by atoms with Gasteiger partial charge in [-0.25, -0.2) is 0 Å². The van der Waals surface area contributed by atoms with Gasteiger partial charge in [-0.05, 0) is 0 Å². The Balaban J connectivity index is 2.98. The molecule has 0 spiro atoms. The molecule has 0 fully saturated rings. The fourth-order valence-electron chi connectivity index (χ4n) is 0.565. The normalized spacial score (nSPS) is 9.22. The zero-order chi connectivity index (χ0) is 6.69. The van der Waals surface area contributed by atoms with Gasteiger partial charge in [0, 0.05) is 0 Å². The first-order valence-electron chi connectivity index (χ1n) is 2.54. The van der Waals surface area contributed by atoms with E-state index >= 15 is 0 Å². The average molecular weight is 165 g/mol. The monoisotopic (exact) mass is 164 g/mol. The van der Waals surface area contributed by atoms with Crippen molar-refractivity contribution in [1.82, 2.24) is 0 Å². The summed E-state index contributed by atoms with van der Waals surface area (Å²) in [5.74, 6) is 0. The molecule has 0 bridgehead atoms. The molecule has 0 aliphatic rings. The Labute approximate surface area is 61.2 Å². The van der Waals surface area contributed by atoms with Crippen molar-refractivity contribution >= 4 is 4.68 Å². The van der Waals surface area contributed by atoms with Crippen LogP contribution < -0.4 is 0 Å². The van der Waals surface area contributed by atoms with Crippen molar-refractivity contribution in [1.29, 1.82) is 0 Å². The maximum absolute atomic E-state index is 8.77. The molecule has 1 N–H and O–H groups in total. The zero-order valence-corrected chi connectivity index (χ0v) is 5.64. The third-order valence-electron chi connectivity index (χ3n) is 0.994. The first kappa shape index (κ1) is 6.66. The van der Waals surface area contributed by atoms with Gasteiger partial charge in [0.1, 0.15) is 0 Å². The van der Waals surface area contributed by atoms with Crippen LogP contribution >= 0.6 is 0 Å². The molecule has 9 heavy (non-hydrogen) atoms. The summed E-state index contributed by atoms with van der Waals surface area (Å²) in [6.07, 6.45) is 0. The van der Waals surface area contributed by atoms with Crippen LogP contribution in [0.5, 0.6) is 0 Å². The first-order valence-corrected chi connectivity index (χ1v) is 3.04. The van der Waals surface area contributed by atoms with Gasteiger partial charge in [0.05, 0.1) is 0 Å². The molecule has 0 aliphatic carbocycles. The minimum atomic E-state index is -0.00407. The van der Waals surface area contributed by atoms with Gasteiger partial charge in [-0.15, -0.1) is 0 Å². The molecule has 0 saturated carbocycles. The molecule has 0 unspecified atom stereocenters. The van der Waals surface area contributed by atoms with E-state index in [9.17, 15) is 0 Å². The Morgan fingerprint density at radius 2 is 1.78 bits per heavy atom. The molecule has 1 nitrogen and oxygen atoms in total. The number of benzene rings is 1. The van der Waals surface area contributed by atoms with Gasteiger partial charge in [0.2, 0.25) is 0 Å². The summed E-state index contributed by atoms with van der Waals surface area (Å²) in [6.45, 7) is 0. The molecule has 0 heterocycles. The summed E-state index contributed by atoms with van der Waals surface area (Å²) in [4.78, 5) is 0. The summed E-state index contributed by atoms with van der Waals surface area (Å²) in [5, 5.41) is 8.77. The topological polar surface area (TPSA) is 20.2 Å². The summed E-state index contributed by atoms with van der Waals surface area (Å²) >= 11 is 4.23. The number of hydrogen-bond donors (Lipinski definition) is 1. The predicted molar refractivity (Wildman–Crippen MR) is 32.5 cm³/mol. The second-order valence-electron chi connectivity index (χ2n) is 1.63. The molecule has 0 amide bonds. The molecule has 1 aromatic rings. The molecule has 0 aromatic heterocycles. The van der Waals surface area contributed by atoms with E-state index in [4.69, 9.17) is 5.11 Å². The number of aliphatic hydroxyl groups excluding tert-OH is 1. The molecule has 0 radical (unpaired) electrons. The second kappa shape index (κ2) is 2.91. The van der Waals surface area contributed by atoms with Crippen LogP contribution in [0.2, 0.25) is 0 Å². The van der Waals surface area contributed by atoms with E-state index < -0.39 is 0 Å². The van der Waals surface area contributed by atoms with Gasteiger partial charge >= 0.3 is 60.7 Å². The second-order valence-corrected chi connectivity index (χ2v) is 2.10. The molecule has 1 aromatic carbocycles. The van der Waals surface area contributed by atoms with E-state index in [0.29, 0.717) is 0 Å². The van der Waals surface area contributed by atoms with Gasteiger partial charge in [-0.1, -0.05) is 0 Å². The van der Waals surface area contributed by atoms with Crippen molar-refractivity contribution in [3.63, 3.8) is 0 Å². The molecule has 0 aliphatic heterocycles. The molecule has 0 atom stereocenters. The number of rotatable bonds is 1. The third-order valence-corrected chi connectivity index (χ3v) is 1.28. The standard InChI is InChI=1S/C7H6O.Ni/c8-6-7-4-2-1-3-5-7;/h1-5,8H;. The van der Waals surface area contributed by atoms with E-state index in [2.05, 4.69) is 15.0 Å². The van der Waals surface area contributed by atoms with Gasteiger partial charge in [0.15, 0.2) is 0 Å². The van der Waals surface area contributed by atoms with Gasteiger partial charge in [-0.2, -0.15) is 0 Å². The average Bonchev–Trinajstić information content (AvgIpc) is 1.90. The van der Waals surface area contributed by atoms with Crippen LogP contribution in [0.3, 0.4) is 0 Å². The Bertz CT molecular complexity index is 205. The summed E-state index contributed by atoms with van der Waals surface area (Å²) in [7, 11) is 0. The molecular formula is C7H6NiO. The molecule has 2 heteroatoms. The summed E-state index contributed by atoms with van der Waals surface area (Å²) in [6, 6.07) is 9.11. The fourth-order valence-corrected chi connectivity index (χ4v) is 0.730. The van der Waals surface area contributed by atoms with Crippen LogP contribution in [0.4, 0.5) is 0 Å². The third kappa shape index (κ3) is 1.74. The van der Waals surface area contributed by atoms with Crippen LogP contribution in [0.15, 0.2) is 30.3 Å². The van der Waals surface area contributed by atoms with E-state index in [0.717, 1.165) is 5.56 Å². The Kier molecular flexibility index (Phi) is 2.15. The van der Waals surface area contributed by atoms with E-state index in [1.807, 2.05) is 18.2 Å². The molecule has 1 rings (SSSR count). The Morgan fingerprint density at radius 1 is 1.22 bits per heavy atom. The maximum atomic E-state index is 8.77. The van der Waals surface area contributed by atoms with Crippen LogP contribution in [-0.2, 0) is 15.0 Å². The van der Waals surface area contributed by atoms with Crippen molar-refractivity contribution in [2.45, 2.75) is 0 Å². The van der Waals surface area contributed by atoms with Crippen molar-refractivity contribution in [3.05, 3.63) is 35.9 Å². The SMILES string of the molecule is O[C](=[Ni])c1ccccc1. The van der Waals surface area contributed by atoms with Crippen molar-refractivity contribution in [2.24, 2.45) is 0 Å². The Morgan fingerprint density at radius 3 is 2.11 bits per heavy atom. The van der Waals surface area contributed by atoms with Crippen molar-refractivity contribution in [2.75, 3.05) is 0 Å². The van der Waals surface area contributed by atoms with Crippen molar-refractivity contribution < 1.29 is 20.1 Å². The van der Waals surface area contributed by atoms with Crippen LogP contribution in [-0.4, -0.2) is 9.78 Å². The van der Waals surface area contributed by atoms with Crippen molar-refractivity contribution in [3.8, 4) is 0 Å². The van der Waals surface area contributed by atoms with Gasteiger partial charge in [-0.3, -0.25) is 0 Å². The van der Waals surface area contributed by atoms with Gasteiger partial charge < -0.3 is 0 Å². The van der Waals surface area contributed by atoms with Crippen LogP contribution in [0, 0.1) is 0 Å². The number of aliphatic hydroxyl groups is 1. The quantitative estimate of drug-likeness (QED) is 0.617. The van der Waals surface area contributed by atoms with E-state index in [1.165, 1.54) is 0 Å². The zero-order valence-electron chi connectivity index (χ0n) is 4.65. The first-order chi connectivity index (χ1) is 4.30. The minimum absolute atomic E-state index is 0.00407. The van der Waals surface area contributed by atoms with Gasteiger partial charge in [0.25, 0.3) is 0 Å². The van der Waals surface area contributed by atoms with Crippen LogP contribution in [0.1, 0.15) is 5.56 Å². The van der Waals surface area contributed by atoms with E-state index in [1.54, 1.807) is 12.1 Å². The summed E-state index contributed by atoms with van der Waals surface area (Å²) < 4.78 is -0.00407.